The molecular weight excluding hydrogens is 314 g/mol. The lowest BCUT2D eigenvalue weighted by Gasteiger charge is -2.39. The van der Waals surface area contributed by atoms with Crippen molar-refractivity contribution in [3.8, 4) is 0 Å². The van der Waals surface area contributed by atoms with Crippen LogP contribution in [0.15, 0.2) is 10.3 Å². The van der Waals surface area contributed by atoms with Gasteiger partial charge in [0, 0.05) is 32.4 Å². The fraction of sp³-hybridized carbons (Fsp3) is 1.00. The molecule has 1 N–H and O–H groups in total. The molecule has 0 amide bonds. The molecular formula is C10H19BrN7O+. The molecule has 9 heteroatoms. The standard InChI is InChI=1S/C10H19BrN7O/c1-2-3-4-5-15-7-17(11)9-6-16(19)8-18-10(9,15)12-13-14-18/h9H,2-8H2,1H3,(H,12,14)/q+1. The molecule has 2 atom stereocenters. The van der Waals surface area contributed by atoms with E-state index in [1.54, 1.807) is 0 Å². The lowest BCUT2D eigenvalue weighted by Crippen LogP contribution is -2.68. The Morgan fingerprint density at radius 2 is 2.37 bits per heavy atom. The molecule has 3 rings (SSSR count). The molecule has 0 aromatic rings. The summed E-state index contributed by atoms with van der Waals surface area (Å²) in [7, 11) is 0. The van der Waals surface area contributed by atoms with Crippen LogP contribution in [0.3, 0.4) is 0 Å². The Hall–Kier alpha value is -0.640. The summed E-state index contributed by atoms with van der Waals surface area (Å²) in [6.45, 7) is 4.63. The first-order valence-corrected chi connectivity index (χ1v) is 7.44. The Balaban J connectivity index is 1.83. The van der Waals surface area contributed by atoms with E-state index in [1.807, 2.05) is 8.93 Å². The summed E-state index contributed by atoms with van der Waals surface area (Å²) in [5.41, 5.74) is 2.85. The highest BCUT2D eigenvalue weighted by molar-refractivity contribution is 9.07. The monoisotopic (exact) mass is 332 g/mol. The Labute approximate surface area is 120 Å². The van der Waals surface area contributed by atoms with E-state index in [1.165, 1.54) is 12.8 Å². The van der Waals surface area contributed by atoms with Crippen LogP contribution in [0.1, 0.15) is 26.2 Å². The Kier molecular flexibility index (Phi) is 3.54. The number of unbranched alkanes of at least 4 members (excludes halogenated alkanes) is 2. The quantitative estimate of drug-likeness (QED) is 0.473. The third-order valence-electron chi connectivity index (χ3n) is 4.02. The number of nitroso groups, excluding NO2 is 1. The van der Waals surface area contributed by atoms with Gasteiger partial charge in [0.25, 0.3) is 6.67 Å². The molecule has 1 spiro atoms. The number of nitrogens with zero attached hydrogens (tertiary/aromatic N) is 6. The van der Waals surface area contributed by atoms with E-state index in [-0.39, 0.29) is 12.7 Å². The summed E-state index contributed by atoms with van der Waals surface area (Å²) in [6, 6.07) is -0.0147. The molecule has 2 fully saturated rings. The fourth-order valence-corrected chi connectivity index (χ4v) is 3.74. The average molecular weight is 333 g/mol. The summed E-state index contributed by atoms with van der Waals surface area (Å²) in [4.78, 5) is 14.0. The van der Waals surface area contributed by atoms with E-state index in [0.717, 1.165) is 24.4 Å². The van der Waals surface area contributed by atoms with Crippen LogP contribution >= 0.6 is 16.1 Å². The van der Waals surface area contributed by atoms with Gasteiger partial charge in [0.05, 0.1) is 6.67 Å². The van der Waals surface area contributed by atoms with Crippen molar-refractivity contribution in [2.75, 3.05) is 26.4 Å². The van der Waals surface area contributed by atoms with Crippen molar-refractivity contribution in [2.24, 2.45) is 10.3 Å². The van der Waals surface area contributed by atoms with Crippen LogP contribution < -0.4 is 5.53 Å². The van der Waals surface area contributed by atoms with E-state index in [4.69, 9.17) is 0 Å². The van der Waals surface area contributed by atoms with Gasteiger partial charge in [-0.3, -0.25) is 0 Å². The molecule has 0 saturated carbocycles. The minimum Gasteiger partial charge on any atom is -0.248 e. The number of rotatable bonds is 4. The molecule has 8 nitrogen and oxygen atoms in total. The Bertz CT molecular complexity index is 405. The minimum atomic E-state index is -0.530. The van der Waals surface area contributed by atoms with Gasteiger partial charge in [0.2, 0.25) is 12.3 Å². The summed E-state index contributed by atoms with van der Waals surface area (Å²) in [6.07, 6.45) is 3.54. The van der Waals surface area contributed by atoms with Gasteiger partial charge in [-0.15, -0.1) is 5.11 Å². The number of halogens is 1. The number of nitrogens with one attached hydrogen (secondary N) is 1. The van der Waals surface area contributed by atoms with Crippen molar-refractivity contribution >= 4 is 16.1 Å². The van der Waals surface area contributed by atoms with E-state index in [2.05, 4.69) is 43.8 Å². The number of hydrogen-bond donors (Lipinski definition) is 1. The lowest BCUT2D eigenvalue weighted by molar-refractivity contribution is -0.598. The highest BCUT2D eigenvalue weighted by Crippen LogP contribution is 2.41. The zero-order chi connectivity index (χ0) is 13.5. The second-order valence-electron chi connectivity index (χ2n) is 5.25. The van der Waals surface area contributed by atoms with Crippen molar-refractivity contribution in [3.05, 3.63) is 4.91 Å². The molecule has 106 valence electrons. The first-order chi connectivity index (χ1) is 9.18. The second kappa shape index (κ2) is 5.04. The molecule has 2 unspecified atom stereocenters. The summed E-state index contributed by atoms with van der Waals surface area (Å²) in [5.74, 6) is -0.530. The third-order valence-corrected chi connectivity index (χ3v) is 4.74. The van der Waals surface area contributed by atoms with Crippen molar-refractivity contribution in [1.29, 1.82) is 0 Å². The molecule has 3 aliphatic rings. The topological polar surface area (TPSA) is 66.6 Å². The maximum absolute atomic E-state index is 11.7. The van der Waals surface area contributed by atoms with Crippen LogP contribution in [0, 0.1) is 4.91 Å². The van der Waals surface area contributed by atoms with Crippen LogP contribution in [-0.2, 0) is 0 Å². The Morgan fingerprint density at radius 1 is 1.53 bits per heavy atom. The molecule has 0 bridgehead atoms. The van der Waals surface area contributed by atoms with Gasteiger partial charge in [-0.25, -0.2) is 14.4 Å². The van der Waals surface area contributed by atoms with Crippen molar-refractivity contribution in [1.82, 2.24) is 19.4 Å². The van der Waals surface area contributed by atoms with Crippen LogP contribution in [0.4, 0.5) is 0 Å². The largest absolute Gasteiger partial charge is 0.268 e. The smallest absolute Gasteiger partial charge is 0.248 e. The van der Waals surface area contributed by atoms with Crippen molar-refractivity contribution in [3.63, 3.8) is 0 Å². The van der Waals surface area contributed by atoms with E-state index in [9.17, 15) is 4.91 Å². The van der Waals surface area contributed by atoms with Crippen LogP contribution in [0.2, 0.25) is 0 Å². The second-order valence-corrected chi connectivity index (χ2v) is 6.16. The zero-order valence-corrected chi connectivity index (χ0v) is 12.6. The fourth-order valence-electron chi connectivity index (χ4n) is 3.07. The van der Waals surface area contributed by atoms with E-state index < -0.39 is 5.79 Å². The molecule has 3 aliphatic heterocycles. The maximum Gasteiger partial charge on any atom is 0.268 e. The van der Waals surface area contributed by atoms with Gasteiger partial charge < -0.3 is 0 Å². The van der Waals surface area contributed by atoms with Crippen molar-refractivity contribution < 1.29 is 4.76 Å². The predicted molar refractivity (Wildman–Crippen MR) is 71.6 cm³/mol. The van der Waals surface area contributed by atoms with Gasteiger partial charge in [-0.05, 0) is 6.42 Å². The molecule has 19 heavy (non-hydrogen) atoms. The molecule has 3 heterocycles. The summed E-state index contributed by atoms with van der Waals surface area (Å²) >= 11 is 3.56. The third kappa shape index (κ3) is 1.99. The van der Waals surface area contributed by atoms with Crippen LogP contribution in [-0.4, -0.2) is 56.9 Å². The maximum atomic E-state index is 11.7. The van der Waals surface area contributed by atoms with Gasteiger partial charge in [0.15, 0.2) is 0 Å². The van der Waals surface area contributed by atoms with Gasteiger partial charge >= 0.3 is 0 Å². The molecule has 0 radical (unpaired) electrons. The molecule has 0 aromatic carbocycles. The number of hydrazine groups is 1. The highest BCUT2D eigenvalue weighted by Gasteiger charge is 2.65. The zero-order valence-electron chi connectivity index (χ0n) is 11.0. The van der Waals surface area contributed by atoms with Gasteiger partial charge in [0.1, 0.15) is 6.04 Å². The molecule has 0 aliphatic carbocycles. The Morgan fingerprint density at radius 3 is 3.16 bits per heavy atom. The van der Waals surface area contributed by atoms with E-state index >= 15 is 0 Å². The normalized spacial score (nSPS) is 35.5. The van der Waals surface area contributed by atoms with Gasteiger partial charge in [-0.1, -0.05) is 30.0 Å². The van der Waals surface area contributed by atoms with Crippen LogP contribution in [0.25, 0.3) is 0 Å². The predicted octanol–water partition coefficient (Wildman–Crippen LogP) is 1.02. The van der Waals surface area contributed by atoms with Crippen LogP contribution in [0.5, 0.6) is 0 Å². The number of hydrogen-bond acceptors (Lipinski definition) is 7. The first kappa shape index (κ1) is 13.3. The first-order valence-electron chi connectivity index (χ1n) is 6.73. The molecule has 2 saturated heterocycles. The molecule has 0 aromatic heterocycles. The van der Waals surface area contributed by atoms with Crippen molar-refractivity contribution in [2.45, 2.75) is 38.0 Å². The lowest BCUT2D eigenvalue weighted by atomic mass is 10.1. The highest BCUT2D eigenvalue weighted by atomic mass is 79.9. The minimum absolute atomic E-state index is 0.0147. The van der Waals surface area contributed by atoms with E-state index in [0.29, 0.717) is 6.54 Å². The SMILES string of the molecule is CCCCCN1CN(Br)C2C[N+](=O)CN3NN=NC213. The van der Waals surface area contributed by atoms with Gasteiger partial charge in [-0.2, -0.15) is 0 Å². The summed E-state index contributed by atoms with van der Waals surface area (Å²) < 4.78 is 3.05. The average Bonchev–Trinajstić information content (AvgIpc) is 2.90. The summed E-state index contributed by atoms with van der Waals surface area (Å²) in [5, 5.41) is 10.2.